The SMILES string of the molecule is COc1ccc(Cl)cc1C(=O)NNC(=O)c1cc([N+](=O)[O-])ccc1OC. The number of non-ortho nitro benzene ring substituents is 1. The molecule has 136 valence electrons. The smallest absolute Gasteiger partial charge is 0.273 e. The highest BCUT2D eigenvalue weighted by molar-refractivity contribution is 6.31. The van der Waals surface area contributed by atoms with Crippen LogP contribution in [-0.4, -0.2) is 31.0 Å². The van der Waals surface area contributed by atoms with Crippen molar-refractivity contribution < 1.29 is 24.0 Å². The van der Waals surface area contributed by atoms with Crippen LogP contribution >= 0.6 is 11.6 Å². The lowest BCUT2D eigenvalue weighted by Crippen LogP contribution is -2.41. The first-order chi connectivity index (χ1) is 12.4. The number of nitrogens with one attached hydrogen (secondary N) is 2. The van der Waals surface area contributed by atoms with Gasteiger partial charge in [0.1, 0.15) is 11.5 Å². The van der Waals surface area contributed by atoms with E-state index in [1.54, 1.807) is 6.07 Å². The Morgan fingerprint density at radius 3 is 1.96 bits per heavy atom. The molecule has 0 saturated heterocycles. The number of halogens is 1. The number of rotatable bonds is 5. The molecule has 26 heavy (non-hydrogen) atoms. The molecule has 9 nitrogen and oxygen atoms in total. The summed E-state index contributed by atoms with van der Waals surface area (Å²) in [6.07, 6.45) is 0. The number of nitro groups is 1. The van der Waals surface area contributed by atoms with Crippen LogP contribution in [0.15, 0.2) is 36.4 Å². The predicted molar refractivity (Wildman–Crippen MR) is 92.6 cm³/mol. The summed E-state index contributed by atoms with van der Waals surface area (Å²) in [7, 11) is 2.69. The summed E-state index contributed by atoms with van der Waals surface area (Å²) in [5, 5.41) is 11.2. The largest absolute Gasteiger partial charge is 0.496 e. The lowest BCUT2D eigenvalue weighted by molar-refractivity contribution is -0.384. The molecule has 2 rings (SSSR count). The molecule has 2 N–H and O–H groups in total. The summed E-state index contributed by atoms with van der Waals surface area (Å²) in [4.78, 5) is 34.7. The van der Waals surface area contributed by atoms with Crippen molar-refractivity contribution in [1.29, 1.82) is 0 Å². The van der Waals surface area contributed by atoms with Gasteiger partial charge < -0.3 is 9.47 Å². The molecule has 0 saturated carbocycles. The Balaban J connectivity index is 2.18. The Morgan fingerprint density at radius 1 is 0.962 bits per heavy atom. The number of ether oxygens (including phenoxy) is 2. The van der Waals surface area contributed by atoms with Crippen molar-refractivity contribution in [3.8, 4) is 11.5 Å². The molecule has 0 aliphatic rings. The van der Waals surface area contributed by atoms with Gasteiger partial charge in [-0.05, 0) is 24.3 Å². The van der Waals surface area contributed by atoms with Crippen LogP contribution in [0.4, 0.5) is 5.69 Å². The van der Waals surface area contributed by atoms with Gasteiger partial charge in [0.05, 0.1) is 30.3 Å². The predicted octanol–water partition coefficient (Wildman–Crippen LogP) is 2.34. The van der Waals surface area contributed by atoms with Gasteiger partial charge >= 0.3 is 0 Å². The van der Waals surface area contributed by atoms with Gasteiger partial charge in [0.2, 0.25) is 0 Å². The molecule has 0 atom stereocenters. The fraction of sp³-hybridized carbons (Fsp3) is 0.125. The number of hydrogen-bond acceptors (Lipinski definition) is 6. The molecule has 10 heteroatoms. The summed E-state index contributed by atoms with van der Waals surface area (Å²) < 4.78 is 10.1. The minimum absolute atomic E-state index is 0.103. The minimum atomic E-state index is -0.792. The highest BCUT2D eigenvalue weighted by Gasteiger charge is 2.19. The molecule has 0 aliphatic heterocycles. The van der Waals surface area contributed by atoms with Gasteiger partial charge in [0.25, 0.3) is 17.5 Å². The number of amides is 2. The maximum atomic E-state index is 12.3. The average Bonchev–Trinajstić information content (AvgIpc) is 2.65. The Labute approximate surface area is 153 Å². The third-order valence-electron chi connectivity index (χ3n) is 3.33. The summed E-state index contributed by atoms with van der Waals surface area (Å²) in [6, 6.07) is 7.95. The van der Waals surface area contributed by atoms with Gasteiger partial charge in [-0.25, -0.2) is 0 Å². The Hall–Kier alpha value is -3.33. The fourth-order valence-corrected chi connectivity index (χ4v) is 2.26. The lowest BCUT2D eigenvalue weighted by Gasteiger charge is -2.12. The molecule has 0 spiro atoms. The molecular weight excluding hydrogens is 366 g/mol. The van der Waals surface area contributed by atoms with E-state index in [4.69, 9.17) is 21.1 Å². The first-order valence-electron chi connectivity index (χ1n) is 7.14. The summed E-state index contributed by atoms with van der Waals surface area (Å²) in [5.74, 6) is -1.10. The molecule has 0 aliphatic carbocycles. The summed E-state index contributed by atoms with van der Waals surface area (Å²) >= 11 is 5.86. The molecule has 2 aromatic carbocycles. The number of carbonyl (C=O) groups is 2. The third kappa shape index (κ3) is 4.19. The number of carbonyl (C=O) groups excluding carboxylic acids is 2. The number of nitrogens with zero attached hydrogens (tertiary/aromatic N) is 1. The van der Waals surface area contributed by atoms with Crippen molar-refractivity contribution in [3.05, 3.63) is 62.7 Å². The highest BCUT2D eigenvalue weighted by Crippen LogP contribution is 2.24. The number of methoxy groups -OCH3 is 2. The molecule has 0 bridgehead atoms. The van der Waals surface area contributed by atoms with Crippen LogP contribution in [0, 0.1) is 10.1 Å². The maximum Gasteiger partial charge on any atom is 0.273 e. The van der Waals surface area contributed by atoms with Crippen molar-refractivity contribution >= 4 is 29.1 Å². The summed E-state index contributed by atoms with van der Waals surface area (Å²) in [5.41, 5.74) is 4.06. The Kier molecular flexibility index (Phi) is 5.97. The molecule has 0 aromatic heterocycles. The van der Waals surface area contributed by atoms with Gasteiger partial charge in [-0.2, -0.15) is 0 Å². The minimum Gasteiger partial charge on any atom is -0.496 e. The Bertz CT molecular complexity index is 871. The quantitative estimate of drug-likeness (QED) is 0.607. The molecule has 0 radical (unpaired) electrons. The van der Waals surface area contributed by atoms with Crippen LogP contribution in [0.1, 0.15) is 20.7 Å². The molecule has 0 fully saturated rings. The lowest BCUT2D eigenvalue weighted by atomic mass is 10.1. The topological polar surface area (TPSA) is 120 Å². The van der Waals surface area contributed by atoms with Crippen molar-refractivity contribution in [2.75, 3.05) is 14.2 Å². The van der Waals surface area contributed by atoms with Crippen LogP contribution in [-0.2, 0) is 0 Å². The van der Waals surface area contributed by atoms with E-state index in [-0.39, 0.29) is 28.3 Å². The van der Waals surface area contributed by atoms with E-state index in [0.29, 0.717) is 5.02 Å². The molecule has 2 aromatic rings. The molecule has 0 unspecified atom stereocenters. The van der Waals surface area contributed by atoms with Crippen molar-refractivity contribution in [2.24, 2.45) is 0 Å². The van der Waals surface area contributed by atoms with Crippen molar-refractivity contribution in [2.45, 2.75) is 0 Å². The van der Waals surface area contributed by atoms with Crippen LogP contribution < -0.4 is 20.3 Å². The van der Waals surface area contributed by atoms with Gasteiger partial charge in [-0.3, -0.25) is 30.6 Å². The van der Waals surface area contributed by atoms with Crippen LogP contribution in [0.3, 0.4) is 0 Å². The zero-order valence-corrected chi connectivity index (χ0v) is 14.5. The monoisotopic (exact) mass is 379 g/mol. The third-order valence-corrected chi connectivity index (χ3v) is 3.57. The first kappa shape index (κ1) is 19.0. The molecule has 0 heterocycles. The van der Waals surface area contributed by atoms with Crippen LogP contribution in [0.2, 0.25) is 5.02 Å². The fourth-order valence-electron chi connectivity index (χ4n) is 2.09. The summed E-state index contributed by atoms with van der Waals surface area (Å²) in [6.45, 7) is 0. The number of hydrazine groups is 1. The van der Waals surface area contributed by atoms with Crippen molar-refractivity contribution in [1.82, 2.24) is 10.9 Å². The number of hydrogen-bond donors (Lipinski definition) is 2. The van der Waals surface area contributed by atoms with E-state index in [1.165, 1.54) is 38.5 Å². The van der Waals surface area contributed by atoms with Gasteiger partial charge in [-0.1, -0.05) is 11.6 Å². The highest BCUT2D eigenvalue weighted by atomic mass is 35.5. The first-order valence-corrected chi connectivity index (χ1v) is 7.51. The van der Waals surface area contributed by atoms with Gasteiger partial charge in [-0.15, -0.1) is 0 Å². The van der Waals surface area contributed by atoms with Crippen LogP contribution in [0.25, 0.3) is 0 Å². The van der Waals surface area contributed by atoms with Gasteiger partial charge in [0, 0.05) is 17.2 Å². The second-order valence-electron chi connectivity index (χ2n) is 4.89. The van der Waals surface area contributed by atoms with Gasteiger partial charge in [0.15, 0.2) is 0 Å². The van der Waals surface area contributed by atoms with Crippen LogP contribution in [0.5, 0.6) is 11.5 Å². The standard InChI is InChI=1S/C16H14ClN3O6/c1-25-13-5-3-9(17)7-11(13)15(21)18-19-16(22)12-8-10(20(23)24)4-6-14(12)26-2/h3-8H,1-2H3,(H,18,21)(H,19,22). The Morgan fingerprint density at radius 2 is 1.46 bits per heavy atom. The zero-order chi connectivity index (χ0) is 19.3. The second kappa shape index (κ2) is 8.17. The van der Waals surface area contributed by atoms with E-state index < -0.39 is 16.7 Å². The van der Waals surface area contributed by atoms with Crippen molar-refractivity contribution in [3.63, 3.8) is 0 Å². The van der Waals surface area contributed by atoms with E-state index in [2.05, 4.69) is 10.9 Å². The average molecular weight is 380 g/mol. The molecule has 2 amide bonds. The second-order valence-corrected chi connectivity index (χ2v) is 5.33. The molecular formula is C16H14ClN3O6. The van der Waals surface area contributed by atoms with E-state index in [9.17, 15) is 19.7 Å². The van der Waals surface area contributed by atoms with E-state index in [0.717, 1.165) is 6.07 Å². The maximum absolute atomic E-state index is 12.3. The normalized spacial score (nSPS) is 9.96. The van der Waals surface area contributed by atoms with E-state index in [1.807, 2.05) is 0 Å². The van der Waals surface area contributed by atoms with E-state index >= 15 is 0 Å². The number of nitro benzene ring substituents is 1. The zero-order valence-electron chi connectivity index (χ0n) is 13.7. The number of benzene rings is 2.